The molecule has 1 aromatic carbocycles. The number of ether oxygens (including phenoxy) is 3. The van der Waals surface area contributed by atoms with Crippen molar-refractivity contribution in [3.05, 3.63) is 66.5 Å². The number of nitrogens with zero attached hydrogens (tertiary/aromatic N) is 1. The molecule has 8 heteroatoms. The van der Waals surface area contributed by atoms with E-state index in [1.807, 2.05) is 42.5 Å². The molecule has 0 saturated carbocycles. The van der Waals surface area contributed by atoms with Gasteiger partial charge in [-0.25, -0.2) is 4.99 Å². The van der Waals surface area contributed by atoms with Crippen molar-refractivity contribution in [2.75, 3.05) is 31.7 Å². The lowest BCUT2D eigenvalue weighted by Crippen LogP contribution is -2.32. The number of guanidine groups is 1. The normalized spacial score (nSPS) is 13.6. The van der Waals surface area contributed by atoms with Crippen molar-refractivity contribution in [1.82, 2.24) is 5.32 Å². The number of fused-ring (bicyclic) bond motifs is 1. The highest BCUT2D eigenvalue weighted by Crippen LogP contribution is 2.32. The van der Waals surface area contributed by atoms with Crippen molar-refractivity contribution in [2.45, 2.75) is 26.0 Å². The van der Waals surface area contributed by atoms with E-state index >= 15 is 0 Å². The Morgan fingerprint density at radius 3 is 2.58 bits per heavy atom. The zero-order valence-electron chi connectivity index (χ0n) is 17.3. The fraction of sp³-hybridized carbons (Fsp3) is 0.348. The molecule has 8 nitrogen and oxygen atoms in total. The zero-order valence-corrected chi connectivity index (χ0v) is 17.3. The molecule has 0 aliphatic carbocycles. The van der Waals surface area contributed by atoms with Crippen LogP contribution in [0.15, 0.2) is 68.8 Å². The average molecular weight is 425 g/mol. The molecule has 0 fully saturated rings. The highest BCUT2D eigenvalue weighted by molar-refractivity contribution is 5.93. The Hall–Kier alpha value is -3.39. The largest absolute Gasteiger partial charge is 0.490 e. The second kappa shape index (κ2) is 11.1. The van der Waals surface area contributed by atoms with E-state index in [9.17, 15) is 0 Å². The maximum Gasteiger partial charge on any atom is 0.196 e. The summed E-state index contributed by atoms with van der Waals surface area (Å²) < 4.78 is 27.8. The summed E-state index contributed by atoms with van der Waals surface area (Å²) in [7, 11) is 0. The predicted octanol–water partition coefficient (Wildman–Crippen LogP) is 4.20. The first-order chi connectivity index (χ1) is 15.4. The van der Waals surface area contributed by atoms with Crippen molar-refractivity contribution in [1.29, 1.82) is 0 Å². The molecule has 0 atom stereocenters. The molecule has 2 aromatic heterocycles. The standard InChI is InChI=1S/C23H27N3O5/c1-5-19(28-11-1)16-25-23(24-9-3-10-27-17-20-6-2-12-29-20)26-18-7-8-21-22(15-18)31-14-4-13-30-21/h1-2,5-8,11-12,15H,3-4,9-10,13-14,16-17H2,(H2,24,25,26). The van der Waals surface area contributed by atoms with Crippen molar-refractivity contribution in [2.24, 2.45) is 4.99 Å². The smallest absolute Gasteiger partial charge is 0.196 e. The van der Waals surface area contributed by atoms with Gasteiger partial charge in [-0.05, 0) is 42.8 Å². The first-order valence-corrected chi connectivity index (χ1v) is 10.4. The molecule has 1 aliphatic heterocycles. The van der Waals surface area contributed by atoms with Crippen molar-refractivity contribution in [3.63, 3.8) is 0 Å². The third-order valence-electron chi connectivity index (χ3n) is 4.57. The molecular weight excluding hydrogens is 398 g/mol. The van der Waals surface area contributed by atoms with E-state index in [1.54, 1.807) is 12.5 Å². The first-order valence-electron chi connectivity index (χ1n) is 10.4. The zero-order chi connectivity index (χ0) is 21.1. The average Bonchev–Trinajstić information content (AvgIpc) is 3.45. The Balaban J connectivity index is 1.31. The second-order valence-corrected chi connectivity index (χ2v) is 6.99. The summed E-state index contributed by atoms with van der Waals surface area (Å²) in [5, 5.41) is 6.67. The Morgan fingerprint density at radius 2 is 1.77 bits per heavy atom. The summed E-state index contributed by atoms with van der Waals surface area (Å²) in [5.41, 5.74) is 0.865. The lowest BCUT2D eigenvalue weighted by molar-refractivity contribution is 0.105. The van der Waals surface area contributed by atoms with Crippen LogP contribution in [-0.4, -0.2) is 32.3 Å². The fourth-order valence-corrected chi connectivity index (χ4v) is 3.03. The number of furan rings is 2. The van der Waals surface area contributed by atoms with Crippen LogP contribution >= 0.6 is 0 Å². The van der Waals surface area contributed by atoms with Gasteiger partial charge in [0.1, 0.15) is 24.7 Å². The van der Waals surface area contributed by atoms with E-state index in [-0.39, 0.29) is 0 Å². The van der Waals surface area contributed by atoms with Gasteiger partial charge in [0.25, 0.3) is 0 Å². The fourth-order valence-electron chi connectivity index (χ4n) is 3.03. The van der Waals surface area contributed by atoms with Crippen LogP contribution in [-0.2, 0) is 17.9 Å². The molecule has 0 spiro atoms. The molecule has 31 heavy (non-hydrogen) atoms. The SMILES string of the molecule is c1coc(CN=C(NCCCOCc2ccco2)Nc2ccc3c(c2)OCCCO3)c1. The maximum atomic E-state index is 5.78. The van der Waals surface area contributed by atoms with Crippen LogP contribution in [0.5, 0.6) is 11.5 Å². The van der Waals surface area contributed by atoms with Gasteiger partial charge in [0.15, 0.2) is 17.5 Å². The summed E-state index contributed by atoms with van der Waals surface area (Å²) in [6, 6.07) is 13.3. The molecular formula is C23H27N3O5. The minimum atomic E-state index is 0.432. The van der Waals surface area contributed by atoms with Gasteiger partial charge in [-0.2, -0.15) is 0 Å². The second-order valence-electron chi connectivity index (χ2n) is 6.99. The third kappa shape index (κ3) is 6.55. The quantitative estimate of drug-likeness (QED) is 0.302. The minimum absolute atomic E-state index is 0.432. The lowest BCUT2D eigenvalue weighted by Gasteiger charge is -2.14. The molecule has 0 bridgehead atoms. The predicted molar refractivity (Wildman–Crippen MR) is 117 cm³/mol. The number of hydrogen-bond donors (Lipinski definition) is 2. The molecule has 1 aliphatic rings. The molecule has 0 amide bonds. The topological polar surface area (TPSA) is 90.4 Å². The summed E-state index contributed by atoms with van der Waals surface area (Å²) in [5.74, 6) is 3.77. The van der Waals surface area contributed by atoms with Gasteiger partial charge in [-0.15, -0.1) is 0 Å². The molecule has 0 unspecified atom stereocenters. The van der Waals surface area contributed by atoms with E-state index in [2.05, 4.69) is 15.6 Å². The summed E-state index contributed by atoms with van der Waals surface area (Å²) >= 11 is 0. The highest BCUT2D eigenvalue weighted by atomic mass is 16.5. The van der Waals surface area contributed by atoms with Gasteiger partial charge in [0.2, 0.25) is 0 Å². The summed E-state index contributed by atoms with van der Waals surface area (Å²) in [4.78, 5) is 4.62. The van der Waals surface area contributed by atoms with Crippen LogP contribution in [0.1, 0.15) is 24.4 Å². The van der Waals surface area contributed by atoms with Gasteiger partial charge >= 0.3 is 0 Å². The monoisotopic (exact) mass is 425 g/mol. The van der Waals surface area contributed by atoms with Crippen molar-refractivity contribution >= 4 is 11.6 Å². The number of anilines is 1. The third-order valence-corrected chi connectivity index (χ3v) is 4.57. The van der Waals surface area contributed by atoms with Crippen LogP contribution in [0.4, 0.5) is 5.69 Å². The van der Waals surface area contributed by atoms with Gasteiger partial charge in [0, 0.05) is 31.3 Å². The molecule has 2 N–H and O–H groups in total. The molecule has 0 radical (unpaired) electrons. The molecule has 164 valence electrons. The minimum Gasteiger partial charge on any atom is -0.490 e. The number of rotatable bonds is 9. The van der Waals surface area contributed by atoms with Gasteiger partial charge in [-0.3, -0.25) is 0 Å². The Morgan fingerprint density at radius 1 is 0.968 bits per heavy atom. The van der Waals surface area contributed by atoms with Gasteiger partial charge in [-0.1, -0.05) is 0 Å². The maximum absolute atomic E-state index is 5.78. The molecule has 3 heterocycles. The molecule has 0 saturated heterocycles. The van der Waals surface area contributed by atoms with E-state index in [4.69, 9.17) is 23.0 Å². The van der Waals surface area contributed by atoms with Gasteiger partial charge < -0.3 is 33.7 Å². The Kier molecular flexibility index (Phi) is 7.49. The first kappa shape index (κ1) is 20.9. The van der Waals surface area contributed by atoms with Crippen LogP contribution < -0.4 is 20.1 Å². The van der Waals surface area contributed by atoms with Gasteiger partial charge in [0.05, 0.1) is 25.7 Å². The van der Waals surface area contributed by atoms with Crippen LogP contribution in [0.25, 0.3) is 0 Å². The molecule has 4 rings (SSSR count). The van der Waals surface area contributed by atoms with E-state index in [0.717, 1.165) is 41.5 Å². The Labute approximate surface area is 181 Å². The number of benzene rings is 1. The number of hydrogen-bond acceptors (Lipinski definition) is 6. The lowest BCUT2D eigenvalue weighted by atomic mass is 10.2. The number of aliphatic imine (C=N–C) groups is 1. The van der Waals surface area contributed by atoms with Crippen molar-refractivity contribution in [3.8, 4) is 11.5 Å². The molecule has 3 aromatic rings. The summed E-state index contributed by atoms with van der Waals surface area (Å²) in [6.07, 6.45) is 4.99. The van der Waals surface area contributed by atoms with Crippen LogP contribution in [0.3, 0.4) is 0 Å². The summed E-state index contributed by atoms with van der Waals surface area (Å²) in [6.45, 7) is 3.53. The highest BCUT2D eigenvalue weighted by Gasteiger charge is 2.11. The van der Waals surface area contributed by atoms with E-state index in [1.165, 1.54) is 0 Å². The van der Waals surface area contributed by atoms with E-state index in [0.29, 0.717) is 45.5 Å². The van der Waals surface area contributed by atoms with Crippen LogP contribution in [0, 0.1) is 0 Å². The Bertz CT molecular complexity index is 938. The number of nitrogens with one attached hydrogen (secondary N) is 2. The van der Waals surface area contributed by atoms with Crippen LogP contribution in [0.2, 0.25) is 0 Å². The van der Waals surface area contributed by atoms with Crippen molar-refractivity contribution < 1.29 is 23.0 Å². The van der Waals surface area contributed by atoms with E-state index < -0.39 is 0 Å².